The third-order valence-corrected chi connectivity index (χ3v) is 7.81. The lowest BCUT2D eigenvalue weighted by Gasteiger charge is -2.30. The number of aliphatic hydroxyl groups excluding tert-OH is 1. The molecule has 37 heavy (non-hydrogen) atoms. The maximum atomic E-state index is 16.0. The Morgan fingerprint density at radius 3 is 2.59 bits per heavy atom. The van der Waals surface area contributed by atoms with Gasteiger partial charge in [0.15, 0.2) is 6.23 Å². The van der Waals surface area contributed by atoms with Crippen LogP contribution < -0.4 is 21.0 Å². The van der Waals surface area contributed by atoms with Gasteiger partial charge in [-0.15, -0.1) is 0 Å². The smallest absolute Gasteiger partial charge is 0.351 e. The maximum absolute atomic E-state index is 16.0. The molecule has 0 bridgehead atoms. The van der Waals surface area contributed by atoms with Gasteiger partial charge in [-0.05, 0) is 57.7 Å². The van der Waals surface area contributed by atoms with Gasteiger partial charge in [-0.2, -0.15) is 4.98 Å². The fourth-order valence-electron chi connectivity index (χ4n) is 3.50. The number of nitrogens with one attached hydrogen (secondary N) is 1. The molecular formula is C22H30FN4O8PS. The molecule has 1 unspecified atom stereocenters. The summed E-state index contributed by atoms with van der Waals surface area (Å²) in [5.41, 5.74) is 2.27. The Hall–Kier alpha value is -2.45. The number of hydrogen-bond donors (Lipinski definition) is 4. The van der Waals surface area contributed by atoms with Gasteiger partial charge in [0, 0.05) is 6.20 Å². The zero-order valence-electron chi connectivity index (χ0n) is 20.6. The van der Waals surface area contributed by atoms with E-state index in [1.807, 2.05) is 0 Å². The summed E-state index contributed by atoms with van der Waals surface area (Å²) < 4.78 is 38.7. The molecule has 1 aromatic heterocycles. The number of nitrogens with zero attached hydrogens (tertiary/aromatic N) is 2. The van der Waals surface area contributed by atoms with Crippen molar-refractivity contribution in [1.29, 1.82) is 0 Å². The second-order valence-corrected chi connectivity index (χ2v) is 12.1. The number of carbonyl (C=O) groups excluding carboxylic acids is 1. The Morgan fingerprint density at radius 2 is 2.00 bits per heavy atom. The van der Waals surface area contributed by atoms with Gasteiger partial charge >= 0.3 is 18.3 Å². The zero-order chi connectivity index (χ0) is 27.6. The van der Waals surface area contributed by atoms with Crippen molar-refractivity contribution in [2.75, 3.05) is 12.3 Å². The molecule has 0 aliphatic carbocycles. The highest BCUT2D eigenvalue weighted by molar-refractivity contribution is 8.09. The molecule has 6 atom stereocenters. The molecule has 0 amide bonds. The van der Waals surface area contributed by atoms with E-state index >= 15 is 4.39 Å². The molecule has 204 valence electrons. The number of alkyl halides is 1. The normalized spacial score (nSPS) is 28.0. The van der Waals surface area contributed by atoms with Crippen LogP contribution in [-0.2, 0) is 30.6 Å². The second kappa shape index (κ2) is 11.1. The number of benzene rings is 1. The fraction of sp³-hybridized carbons (Fsp3) is 0.500. The topological polar surface area (TPSA) is 167 Å². The summed E-state index contributed by atoms with van der Waals surface area (Å²) in [4.78, 5) is 28.2. The standard InChI is InChI=1S/C22H30FN4O8PS/c1-13(2)33-17(28)14(3)26-36(37,35-15-8-6-5-7-9-15)32-12-22(23)18(29)21(4,31)19(34-22)27-11-10-16(24)25-20(27)30/h5-11,13-14,18-19,29,31H,12H2,1-4H3,(H,26,37)(H2,24,25,30)/t14-,18+,19-,21-,22-,36?/m1/s1. The van der Waals surface area contributed by atoms with Crippen LogP contribution in [0.2, 0.25) is 0 Å². The molecule has 5 N–H and O–H groups in total. The molecule has 1 aliphatic rings. The third-order valence-electron chi connectivity index (χ3n) is 5.33. The van der Waals surface area contributed by atoms with Gasteiger partial charge in [0.25, 0.3) is 5.85 Å². The van der Waals surface area contributed by atoms with Gasteiger partial charge < -0.3 is 34.5 Å². The number of nitrogen functional groups attached to an aromatic ring is 1. The quantitative estimate of drug-likeness (QED) is 0.244. The Morgan fingerprint density at radius 1 is 1.35 bits per heavy atom. The first kappa shape index (κ1) is 29.1. The first-order chi connectivity index (χ1) is 17.2. The lowest BCUT2D eigenvalue weighted by Crippen LogP contribution is -2.50. The molecule has 2 aromatic rings. The van der Waals surface area contributed by atoms with Crippen molar-refractivity contribution in [1.82, 2.24) is 14.6 Å². The molecule has 0 radical (unpaired) electrons. The Balaban J connectivity index is 1.85. The number of para-hydroxylation sites is 1. The maximum Gasteiger partial charge on any atom is 0.351 e. The lowest BCUT2D eigenvalue weighted by atomic mass is 9.95. The summed E-state index contributed by atoms with van der Waals surface area (Å²) in [5.74, 6) is -3.50. The Labute approximate surface area is 217 Å². The number of aromatic nitrogens is 2. The minimum Gasteiger partial charge on any atom is -0.462 e. The molecule has 1 aliphatic heterocycles. The number of aliphatic hydroxyl groups is 2. The fourth-order valence-corrected chi connectivity index (χ4v) is 5.90. The van der Waals surface area contributed by atoms with Crippen LogP contribution in [0, 0.1) is 0 Å². The van der Waals surface area contributed by atoms with Crippen molar-refractivity contribution in [3.63, 3.8) is 0 Å². The summed E-state index contributed by atoms with van der Waals surface area (Å²) in [7, 11) is 0. The van der Waals surface area contributed by atoms with E-state index < -0.39 is 60.8 Å². The highest BCUT2D eigenvalue weighted by atomic mass is 32.5. The van der Waals surface area contributed by atoms with Crippen molar-refractivity contribution in [3.05, 3.63) is 53.1 Å². The molecule has 3 rings (SSSR count). The van der Waals surface area contributed by atoms with E-state index in [9.17, 15) is 19.8 Å². The minimum atomic E-state index is -3.69. The van der Waals surface area contributed by atoms with Gasteiger partial charge in [0.05, 0.1) is 6.10 Å². The molecule has 0 spiro atoms. The molecular weight excluding hydrogens is 530 g/mol. The second-order valence-electron chi connectivity index (χ2n) is 8.94. The van der Waals surface area contributed by atoms with E-state index in [2.05, 4.69) is 10.1 Å². The Kier molecular flexibility index (Phi) is 8.75. The molecule has 1 aromatic carbocycles. The van der Waals surface area contributed by atoms with E-state index in [4.69, 9.17) is 36.1 Å². The summed E-state index contributed by atoms with van der Waals surface area (Å²) in [6, 6.07) is 8.49. The molecule has 2 heterocycles. The van der Waals surface area contributed by atoms with E-state index in [1.165, 1.54) is 13.0 Å². The Bertz CT molecular complexity index is 1220. The third kappa shape index (κ3) is 6.71. The number of halogens is 1. The van der Waals surface area contributed by atoms with Crippen LogP contribution in [-0.4, -0.2) is 62.0 Å². The number of nitrogens with two attached hydrogens (primary N) is 1. The summed E-state index contributed by atoms with van der Waals surface area (Å²) in [6.07, 6.45) is -3.11. The summed E-state index contributed by atoms with van der Waals surface area (Å²) >= 11 is 5.53. The molecule has 0 saturated carbocycles. The van der Waals surface area contributed by atoms with Crippen LogP contribution in [0.1, 0.15) is 33.9 Å². The zero-order valence-corrected chi connectivity index (χ0v) is 22.3. The predicted octanol–water partition coefficient (Wildman–Crippen LogP) is 1.38. The van der Waals surface area contributed by atoms with E-state index in [1.54, 1.807) is 44.2 Å². The van der Waals surface area contributed by atoms with E-state index in [0.717, 1.165) is 17.7 Å². The molecule has 12 nitrogen and oxygen atoms in total. The van der Waals surface area contributed by atoms with Crippen molar-refractivity contribution < 1.29 is 37.9 Å². The number of carbonyl (C=O) groups is 1. The minimum absolute atomic E-state index is 0.0933. The number of hydrogen-bond acceptors (Lipinski definition) is 11. The monoisotopic (exact) mass is 560 g/mol. The number of anilines is 1. The number of ether oxygens (including phenoxy) is 2. The van der Waals surface area contributed by atoms with Gasteiger partial charge in [0.2, 0.25) is 0 Å². The average Bonchev–Trinajstić information content (AvgIpc) is 2.98. The highest BCUT2D eigenvalue weighted by Gasteiger charge is 2.63. The molecule has 1 fully saturated rings. The first-order valence-corrected chi connectivity index (χ1v) is 13.9. The largest absolute Gasteiger partial charge is 0.462 e. The summed E-state index contributed by atoms with van der Waals surface area (Å²) in [5, 5.41) is 24.3. The molecule has 15 heteroatoms. The van der Waals surface area contributed by atoms with Crippen molar-refractivity contribution in [2.24, 2.45) is 0 Å². The van der Waals surface area contributed by atoms with Crippen molar-refractivity contribution in [3.8, 4) is 5.75 Å². The van der Waals surface area contributed by atoms with Crippen LogP contribution in [0.15, 0.2) is 47.4 Å². The van der Waals surface area contributed by atoms with Crippen LogP contribution in [0.25, 0.3) is 0 Å². The van der Waals surface area contributed by atoms with Crippen LogP contribution in [0.5, 0.6) is 5.75 Å². The van der Waals surface area contributed by atoms with Gasteiger partial charge in [-0.1, -0.05) is 18.2 Å². The lowest BCUT2D eigenvalue weighted by molar-refractivity contribution is -0.203. The van der Waals surface area contributed by atoms with Crippen LogP contribution in [0.4, 0.5) is 10.2 Å². The van der Waals surface area contributed by atoms with Gasteiger partial charge in [0.1, 0.15) is 35.9 Å². The number of esters is 1. The summed E-state index contributed by atoms with van der Waals surface area (Å²) in [6.45, 7) is 1.19. The van der Waals surface area contributed by atoms with Gasteiger partial charge in [-0.25, -0.2) is 14.3 Å². The predicted molar refractivity (Wildman–Crippen MR) is 135 cm³/mol. The van der Waals surface area contributed by atoms with Gasteiger partial charge in [-0.3, -0.25) is 9.36 Å². The molecule has 1 saturated heterocycles. The van der Waals surface area contributed by atoms with E-state index in [0.29, 0.717) is 0 Å². The van der Waals surface area contributed by atoms with E-state index in [-0.39, 0.29) is 11.6 Å². The highest BCUT2D eigenvalue weighted by Crippen LogP contribution is 2.50. The van der Waals surface area contributed by atoms with Crippen molar-refractivity contribution >= 4 is 30.2 Å². The SMILES string of the molecule is CC(C)OC(=O)[C@@H](C)NP(=S)(OC[C@@]1(F)O[C@@H](n2ccc(N)nc2=O)[C@](C)(O)[C@@H]1O)Oc1ccccc1. The van der Waals surface area contributed by atoms with Crippen LogP contribution in [0.3, 0.4) is 0 Å². The van der Waals surface area contributed by atoms with Crippen LogP contribution >= 0.6 is 6.64 Å². The van der Waals surface area contributed by atoms with Crippen molar-refractivity contribution in [2.45, 2.75) is 63.6 Å². The average molecular weight is 561 g/mol. The number of rotatable bonds is 10. The first-order valence-electron chi connectivity index (χ1n) is 11.3.